The van der Waals surface area contributed by atoms with E-state index >= 15 is 0 Å². The fraction of sp³-hybridized carbons (Fsp3) is 0.267. The highest BCUT2D eigenvalue weighted by Gasteiger charge is 2.04. The highest BCUT2D eigenvalue weighted by molar-refractivity contribution is 5.97. The maximum absolute atomic E-state index is 11.7. The van der Waals surface area contributed by atoms with Crippen molar-refractivity contribution in [2.24, 2.45) is 0 Å². The molecule has 0 fully saturated rings. The molecule has 0 unspecified atom stereocenters. The van der Waals surface area contributed by atoms with Crippen molar-refractivity contribution in [3.05, 3.63) is 54.6 Å². The number of rotatable bonds is 8. The average molecular weight is 245 g/mol. The first kappa shape index (κ1) is 14.2. The van der Waals surface area contributed by atoms with E-state index in [4.69, 9.17) is 4.74 Å². The summed E-state index contributed by atoms with van der Waals surface area (Å²) < 4.78 is 5.46. The molecule has 0 aromatic heterocycles. The van der Waals surface area contributed by atoms with Gasteiger partial charge in [-0.05, 0) is 36.8 Å². The molecule has 1 rings (SSSR count). The lowest BCUT2D eigenvalue weighted by molar-refractivity contribution is 0.0992. The Bertz CT molecular complexity index is 421. The molecule has 96 valence electrons. The number of hydrogen-bond donors (Lipinski definition) is 1. The summed E-state index contributed by atoms with van der Waals surface area (Å²) in [6, 6.07) is 7.13. The molecule has 0 aliphatic heterocycles. The van der Waals surface area contributed by atoms with Crippen molar-refractivity contribution in [2.45, 2.75) is 6.92 Å². The molecule has 1 aromatic rings. The smallest absolute Gasteiger partial charge is 0.176 e. The Hall–Kier alpha value is -1.87. The predicted molar refractivity (Wildman–Crippen MR) is 74.1 cm³/mol. The van der Waals surface area contributed by atoms with Gasteiger partial charge in [0, 0.05) is 12.1 Å². The van der Waals surface area contributed by atoms with Crippen LogP contribution in [0.4, 0.5) is 0 Å². The number of ether oxygens (including phenoxy) is 1. The molecule has 0 radical (unpaired) electrons. The SMILES string of the molecule is C=CCNCC(=O)c1ccc(OCC(=C)C)cc1. The van der Waals surface area contributed by atoms with E-state index < -0.39 is 0 Å². The van der Waals surface area contributed by atoms with E-state index in [0.717, 1.165) is 11.3 Å². The monoisotopic (exact) mass is 245 g/mol. The minimum atomic E-state index is 0.0586. The Morgan fingerprint density at radius 3 is 2.61 bits per heavy atom. The van der Waals surface area contributed by atoms with E-state index in [9.17, 15) is 4.79 Å². The van der Waals surface area contributed by atoms with Gasteiger partial charge in [0.15, 0.2) is 5.78 Å². The van der Waals surface area contributed by atoms with Gasteiger partial charge in [-0.15, -0.1) is 6.58 Å². The molecule has 0 aliphatic rings. The molecule has 0 heterocycles. The topological polar surface area (TPSA) is 38.3 Å². The summed E-state index contributed by atoms with van der Waals surface area (Å²) in [6.45, 7) is 10.7. The number of ketones is 1. The van der Waals surface area contributed by atoms with Crippen LogP contribution in [-0.2, 0) is 0 Å². The fourth-order valence-electron chi connectivity index (χ4n) is 1.33. The molecule has 3 heteroatoms. The molecular formula is C15H19NO2. The zero-order valence-corrected chi connectivity index (χ0v) is 10.7. The third-order valence-electron chi connectivity index (χ3n) is 2.24. The molecule has 0 saturated heterocycles. The molecular weight excluding hydrogens is 226 g/mol. The predicted octanol–water partition coefficient (Wildman–Crippen LogP) is 2.60. The van der Waals surface area contributed by atoms with Crippen molar-refractivity contribution < 1.29 is 9.53 Å². The Balaban J connectivity index is 2.51. The summed E-state index contributed by atoms with van der Waals surface area (Å²) in [7, 11) is 0. The van der Waals surface area contributed by atoms with Gasteiger partial charge in [0.25, 0.3) is 0 Å². The van der Waals surface area contributed by atoms with E-state index in [1.165, 1.54) is 0 Å². The Labute approximate surface area is 108 Å². The lowest BCUT2D eigenvalue weighted by Crippen LogP contribution is -2.22. The lowest BCUT2D eigenvalue weighted by Gasteiger charge is -2.06. The van der Waals surface area contributed by atoms with Crippen molar-refractivity contribution in [3.8, 4) is 5.75 Å². The van der Waals surface area contributed by atoms with Crippen LogP contribution in [0.2, 0.25) is 0 Å². The van der Waals surface area contributed by atoms with Crippen molar-refractivity contribution in [2.75, 3.05) is 19.7 Å². The van der Waals surface area contributed by atoms with Gasteiger partial charge in [0.05, 0.1) is 6.54 Å². The van der Waals surface area contributed by atoms with Gasteiger partial charge in [0.2, 0.25) is 0 Å². The van der Waals surface area contributed by atoms with E-state index in [1.54, 1.807) is 30.3 Å². The quantitative estimate of drug-likeness (QED) is 0.434. The first-order valence-corrected chi connectivity index (χ1v) is 5.85. The van der Waals surface area contributed by atoms with Crippen LogP contribution in [0.25, 0.3) is 0 Å². The number of carbonyl (C=O) groups excluding carboxylic acids is 1. The number of benzene rings is 1. The second-order valence-electron chi connectivity index (χ2n) is 4.11. The summed E-state index contributed by atoms with van der Waals surface area (Å²) >= 11 is 0. The second kappa shape index (κ2) is 7.45. The largest absolute Gasteiger partial charge is 0.489 e. The normalized spacial score (nSPS) is 9.83. The summed E-state index contributed by atoms with van der Waals surface area (Å²) in [5.41, 5.74) is 1.64. The van der Waals surface area contributed by atoms with Crippen molar-refractivity contribution >= 4 is 5.78 Å². The molecule has 0 spiro atoms. The maximum atomic E-state index is 11.7. The summed E-state index contributed by atoms with van der Waals surface area (Å²) in [5, 5.41) is 2.98. The highest BCUT2D eigenvalue weighted by atomic mass is 16.5. The van der Waals surface area contributed by atoms with E-state index in [-0.39, 0.29) is 5.78 Å². The zero-order valence-electron chi connectivity index (χ0n) is 10.7. The van der Waals surface area contributed by atoms with E-state index in [1.807, 2.05) is 6.92 Å². The fourth-order valence-corrected chi connectivity index (χ4v) is 1.33. The van der Waals surface area contributed by atoms with Crippen LogP contribution in [0.5, 0.6) is 5.75 Å². The Morgan fingerprint density at radius 2 is 2.06 bits per heavy atom. The third-order valence-corrected chi connectivity index (χ3v) is 2.24. The number of hydrogen-bond acceptors (Lipinski definition) is 3. The molecule has 3 nitrogen and oxygen atoms in total. The minimum Gasteiger partial charge on any atom is -0.489 e. The molecule has 1 N–H and O–H groups in total. The summed E-state index contributed by atoms with van der Waals surface area (Å²) in [5.74, 6) is 0.803. The van der Waals surface area contributed by atoms with Crippen LogP contribution in [0.15, 0.2) is 49.1 Å². The first-order chi connectivity index (χ1) is 8.63. The van der Waals surface area contributed by atoms with Crippen LogP contribution in [-0.4, -0.2) is 25.5 Å². The maximum Gasteiger partial charge on any atom is 0.176 e. The van der Waals surface area contributed by atoms with Gasteiger partial charge < -0.3 is 10.1 Å². The number of carbonyl (C=O) groups is 1. The average Bonchev–Trinajstić information content (AvgIpc) is 2.37. The van der Waals surface area contributed by atoms with Gasteiger partial charge in [-0.3, -0.25) is 4.79 Å². The molecule has 0 aliphatic carbocycles. The Kier molecular flexibility index (Phi) is 5.88. The molecule has 18 heavy (non-hydrogen) atoms. The first-order valence-electron chi connectivity index (χ1n) is 5.85. The van der Waals surface area contributed by atoms with Gasteiger partial charge in [0.1, 0.15) is 12.4 Å². The molecule has 0 saturated carbocycles. The number of nitrogens with one attached hydrogen (secondary N) is 1. The minimum absolute atomic E-state index is 0.0586. The van der Waals surface area contributed by atoms with Gasteiger partial charge in [-0.2, -0.15) is 0 Å². The molecule has 0 atom stereocenters. The Morgan fingerprint density at radius 1 is 1.39 bits per heavy atom. The van der Waals surface area contributed by atoms with Gasteiger partial charge >= 0.3 is 0 Å². The third kappa shape index (κ3) is 4.97. The van der Waals surface area contributed by atoms with Crippen LogP contribution in [0.3, 0.4) is 0 Å². The zero-order chi connectivity index (χ0) is 13.4. The van der Waals surface area contributed by atoms with Crippen molar-refractivity contribution in [1.29, 1.82) is 0 Å². The van der Waals surface area contributed by atoms with Gasteiger partial charge in [-0.1, -0.05) is 12.7 Å². The second-order valence-corrected chi connectivity index (χ2v) is 4.11. The van der Waals surface area contributed by atoms with Crippen LogP contribution < -0.4 is 10.1 Å². The molecule has 1 aromatic carbocycles. The van der Waals surface area contributed by atoms with E-state index in [0.29, 0.717) is 25.3 Å². The standard InChI is InChI=1S/C15H19NO2/c1-4-9-16-10-15(17)13-5-7-14(8-6-13)18-11-12(2)3/h4-8,16H,1-2,9-11H2,3H3. The van der Waals surface area contributed by atoms with E-state index in [2.05, 4.69) is 18.5 Å². The molecule has 0 amide bonds. The van der Waals surface area contributed by atoms with Crippen LogP contribution in [0.1, 0.15) is 17.3 Å². The van der Waals surface area contributed by atoms with Crippen LogP contribution in [0, 0.1) is 0 Å². The summed E-state index contributed by atoms with van der Waals surface area (Å²) in [4.78, 5) is 11.7. The van der Waals surface area contributed by atoms with Crippen LogP contribution >= 0.6 is 0 Å². The van der Waals surface area contributed by atoms with Crippen molar-refractivity contribution in [3.63, 3.8) is 0 Å². The summed E-state index contributed by atoms with van der Waals surface area (Å²) in [6.07, 6.45) is 1.72. The van der Waals surface area contributed by atoms with Gasteiger partial charge in [-0.25, -0.2) is 0 Å². The number of Topliss-reactive ketones (excluding diaryl/α,β-unsaturated/α-hetero) is 1. The highest BCUT2D eigenvalue weighted by Crippen LogP contribution is 2.13. The molecule has 0 bridgehead atoms. The lowest BCUT2D eigenvalue weighted by atomic mass is 10.1. The van der Waals surface area contributed by atoms with Crippen molar-refractivity contribution in [1.82, 2.24) is 5.32 Å².